The van der Waals surface area contributed by atoms with Gasteiger partial charge in [-0.15, -0.1) is 0 Å². The molecule has 3 nitrogen and oxygen atoms in total. The molecule has 4 heteroatoms. The molecule has 0 aliphatic rings. The van der Waals surface area contributed by atoms with Crippen LogP contribution in [-0.2, 0) is 0 Å². The molecule has 0 atom stereocenters. The molecule has 17 heavy (non-hydrogen) atoms. The summed E-state index contributed by atoms with van der Waals surface area (Å²) in [5.74, 6) is 0.516. The molecule has 1 aromatic carbocycles. The van der Waals surface area contributed by atoms with Gasteiger partial charge in [0.1, 0.15) is 11.9 Å². The summed E-state index contributed by atoms with van der Waals surface area (Å²) in [6.07, 6.45) is 1.63. The van der Waals surface area contributed by atoms with Crippen molar-refractivity contribution in [3.63, 3.8) is 0 Å². The second-order valence-electron chi connectivity index (χ2n) is 3.62. The second kappa shape index (κ2) is 4.86. The Morgan fingerprint density at radius 1 is 1.35 bits per heavy atom. The lowest BCUT2D eigenvalue weighted by atomic mass is 10.2. The first-order valence-corrected chi connectivity index (χ1v) is 5.47. The van der Waals surface area contributed by atoms with E-state index in [1.165, 1.54) is 0 Å². The van der Waals surface area contributed by atoms with Crippen LogP contribution >= 0.6 is 11.6 Å². The maximum absolute atomic E-state index is 8.96. The molecule has 1 heterocycles. The number of hydrogen-bond donors (Lipinski definition) is 1. The average molecular weight is 244 g/mol. The molecule has 0 saturated carbocycles. The Balaban J connectivity index is 2.38. The summed E-state index contributed by atoms with van der Waals surface area (Å²) in [7, 11) is 0. The first-order chi connectivity index (χ1) is 8.20. The molecule has 0 aliphatic heterocycles. The quantitative estimate of drug-likeness (QED) is 0.876. The van der Waals surface area contributed by atoms with Crippen LogP contribution in [0.15, 0.2) is 36.5 Å². The number of nitrogens with one attached hydrogen (secondary N) is 1. The Kier molecular flexibility index (Phi) is 3.27. The number of aryl methyl sites for hydroxylation is 1. The van der Waals surface area contributed by atoms with Gasteiger partial charge in [-0.05, 0) is 36.8 Å². The van der Waals surface area contributed by atoms with E-state index in [0.29, 0.717) is 16.4 Å². The average Bonchev–Trinajstić information content (AvgIpc) is 2.34. The highest BCUT2D eigenvalue weighted by atomic mass is 35.5. The van der Waals surface area contributed by atoms with Crippen molar-refractivity contribution < 1.29 is 0 Å². The van der Waals surface area contributed by atoms with E-state index in [1.54, 1.807) is 18.3 Å². The van der Waals surface area contributed by atoms with Crippen LogP contribution in [0.2, 0.25) is 5.02 Å². The minimum absolute atomic E-state index is 0.491. The zero-order chi connectivity index (χ0) is 12.3. The predicted molar refractivity (Wildman–Crippen MR) is 68.4 cm³/mol. The molecule has 2 aromatic rings. The molecule has 0 bridgehead atoms. The Bertz CT molecular complexity index is 587. The SMILES string of the molecule is Cc1ccc(Cl)c(Nc2ncccc2C#N)c1. The van der Waals surface area contributed by atoms with Crippen LogP contribution in [0.3, 0.4) is 0 Å². The van der Waals surface area contributed by atoms with Gasteiger partial charge in [0, 0.05) is 6.20 Å². The van der Waals surface area contributed by atoms with Crippen molar-refractivity contribution in [2.24, 2.45) is 0 Å². The molecule has 0 aliphatic carbocycles. The van der Waals surface area contributed by atoms with Crippen LogP contribution < -0.4 is 5.32 Å². The number of rotatable bonds is 2. The third-order valence-corrected chi connectivity index (χ3v) is 2.63. The van der Waals surface area contributed by atoms with Crippen LogP contribution in [0, 0.1) is 18.3 Å². The highest BCUT2D eigenvalue weighted by Gasteiger charge is 2.05. The largest absolute Gasteiger partial charge is 0.338 e. The third kappa shape index (κ3) is 2.55. The molecular formula is C13H10ClN3. The van der Waals surface area contributed by atoms with Crippen LogP contribution in [0.5, 0.6) is 0 Å². The molecule has 0 unspecified atom stereocenters. The van der Waals surface area contributed by atoms with E-state index < -0.39 is 0 Å². The second-order valence-corrected chi connectivity index (χ2v) is 4.03. The molecule has 0 spiro atoms. The zero-order valence-electron chi connectivity index (χ0n) is 9.24. The summed E-state index contributed by atoms with van der Waals surface area (Å²) in [4.78, 5) is 4.12. The summed E-state index contributed by atoms with van der Waals surface area (Å²) in [5.41, 5.74) is 2.33. The molecule has 0 amide bonds. The lowest BCUT2D eigenvalue weighted by Gasteiger charge is -2.09. The van der Waals surface area contributed by atoms with Gasteiger partial charge in [-0.3, -0.25) is 0 Å². The van der Waals surface area contributed by atoms with Crippen LogP contribution in [0.25, 0.3) is 0 Å². The minimum Gasteiger partial charge on any atom is -0.338 e. The van der Waals surface area contributed by atoms with Gasteiger partial charge in [0.15, 0.2) is 0 Å². The summed E-state index contributed by atoms with van der Waals surface area (Å²) >= 11 is 6.07. The molecule has 0 fully saturated rings. The Morgan fingerprint density at radius 2 is 2.18 bits per heavy atom. The van der Waals surface area contributed by atoms with E-state index in [0.717, 1.165) is 11.3 Å². The van der Waals surface area contributed by atoms with Crippen molar-refractivity contribution in [2.75, 3.05) is 5.32 Å². The minimum atomic E-state index is 0.491. The number of aromatic nitrogens is 1. The Hall–Kier alpha value is -2.05. The van der Waals surface area contributed by atoms with Crippen LogP contribution in [-0.4, -0.2) is 4.98 Å². The molecular weight excluding hydrogens is 234 g/mol. The highest BCUT2D eigenvalue weighted by molar-refractivity contribution is 6.33. The molecule has 1 N–H and O–H groups in total. The summed E-state index contributed by atoms with van der Waals surface area (Å²) in [5, 5.41) is 12.6. The van der Waals surface area contributed by atoms with Gasteiger partial charge < -0.3 is 5.32 Å². The molecule has 84 valence electrons. The maximum Gasteiger partial charge on any atom is 0.148 e. The Labute approximate surface area is 105 Å². The summed E-state index contributed by atoms with van der Waals surface area (Å²) in [6.45, 7) is 1.98. The molecule has 0 radical (unpaired) electrons. The van der Waals surface area contributed by atoms with Crippen molar-refractivity contribution >= 4 is 23.1 Å². The van der Waals surface area contributed by atoms with Gasteiger partial charge in [-0.1, -0.05) is 17.7 Å². The van der Waals surface area contributed by atoms with E-state index in [9.17, 15) is 0 Å². The number of anilines is 2. The summed E-state index contributed by atoms with van der Waals surface area (Å²) in [6, 6.07) is 11.2. The maximum atomic E-state index is 8.96. The van der Waals surface area contributed by atoms with Crippen molar-refractivity contribution in [1.82, 2.24) is 4.98 Å². The lowest BCUT2D eigenvalue weighted by Crippen LogP contribution is -1.97. The monoisotopic (exact) mass is 243 g/mol. The zero-order valence-corrected chi connectivity index (χ0v) is 9.99. The molecule has 1 aromatic heterocycles. The van der Waals surface area contributed by atoms with E-state index in [2.05, 4.69) is 16.4 Å². The molecule has 2 rings (SSSR count). The number of hydrogen-bond acceptors (Lipinski definition) is 3. The first-order valence-electron chi connectivity index (χ1n) is 5.09. The fourth-order valence-corrected chi connectivity index (χ4v) is 1.62. The lowest BCUT2D eigenvalue weighted by molar-refractivity contribution is 1.28. The molecule has 0 saturated heterocycles. The van der Waals surface area contributed by atoms with Gasteiger partial charge in [0.25, 0.3) is 0 Å². The van der Waals surface area contributed by atoms with Crippen molar-refractivity contribution in [1.29, 1.82) is 5.26 Å². The van der Waals surface area contributed by atoms with Gasteiger partial charge in [0.2, 0.25) is 0 Å². The van der Waals surface area contributed by atoms with E-state index >= 15 is 0 Å². The van der Waals surface area contributed by atoms with E-state index in [-0.39, 0.29) is 0 Å². The number of pyridine rings is 1. The van der Waals surface area contributed by atoms with Gasteiger partial charge in [-0.2, -0.15) is 5.26 Å². The van der Waals surface area contributed by atoms with Crippen molar-refractivity contribution in [3.8, 4) is 6.07 Å². The smallest absolute Gasteiger partial charge is 0.148 e. The first kappa shape index (κ1) is 11.4. The topological polar surface area (TPSA) is 48.7 Å². The van der Waals surface area contributed by atoms with Crippen molar-refractivity contribution in [3.05, 3.63) is 52.7 Å². The fraction of sp³-hybridized carbons (Fsp3) is 0.0769. The van der Waals surface area contributed by atoms with Crippen LogP contribution in [0.4, 0.5) is 11.5 Å². The number of nitriles is 1. The van der Waals surface area contributed by atoms with Crippen molar-refractivity contribution in [2.45, 2.75) is 6.92 Å². The Morgan fingerprint density at radius 3 is 2.94 bits per heavy atom. The van der Waals surface area contributed by atoms with Gasteiger partial charge in [0.05, 0.1) is 16.3 Å². The van der Waals surface area contributed by atoms with Gasteiger partial charge >= 0.3 is 0 Å². The fourth-order valence-electron chi connectivity index (χ4n) is 1.46. The highest BCUT2D eigenvalue weighted by Crippen LogP contribution is 2.26. The normalized spacial score (nSPS) is 9.71. The van der Waals surface area contributed by atoms with Crippen LogP contribution in [0.1, 0.15) is 11.1 Å². The van der Waals surface area contributed by atoms with Gasteiger partial charge in [-0.25, -0.2) is 4.98 Å². The third-order valence-electron chi connectivity index (χ3n) is 2.30. The number of halogens is 1. The number of benzene rings is 1. The van der Waals surface area contributed by atoms with E-state index in [1.807, 2.05) is 25.1 Å². The summed E-state index contributed by atoms with van der Waals surface area (Å²) < 4.78 is 0. The van der Waals surface area contributed by atoms with E-state index in [4.69, 9.17) is 16.9 Å². The standard InChI is InChI=1S/C13H10ClN3/c1-9-4-5-11(14)12(7-9)17-13-10(8-15)3-2-6-16-13/h2-7H,1H3,(H,16,17). The number of nitrogens with zero attached hydrogens (tertiary/aromatic N) is 2. The predicted octanol–water partition coefficient (Wildman–Crippen LogP) is 3.66.